The molecule has 0 aliphatic carbocycles. The van der Waals surface area contributed by atoms with E-state index in [0.29, 0.717) is 17.1 Å². The third-order valence-electron chi connectivity index (χ3n) is 3.26. The molecule has 0 fully saturated rings. The second-order valence-corrected chi connectivity index (χ2v) is 4.84. The molecule has 0 bridgehead atoms. The Balaban J connectivity index is 1.89. The minimum atomic E-state index is -0.548. The van der Waals surface area contributed by atoms with Crippen molar-refractivity contribution in [3.8, 4) is 11.1 Å². The zero-order chi connectivity index (χ0) is 16.2. The van der Waals surface area contributed by atoms with Gasteiger partial charge in [0.25, 0.3) is 5.91 Å². The minimum Gasteiger partial charge on any atom is -0.397 e. The fourth-order valence-corrected chi connectivity index (χ4v) is 2.07. The summed E-state index contributed by atoms with van der Waals surface area (Å²) in [6.07, 6.45) is 2.96. The molecule has 3 N–H and O–H groups in total. The van der Waals surface area contributed by atoms with Crippen LogP contribution < -0.4 is 11.1 Å². The number of nitrogens with one attached hydrogen (secondary N) is 1. The topological polar surface area (TPSA) is 80.9 Å². The van der Waals surface area contributed by atoms with Gasteiger partial charge in [0.1, 0.15) is 5.69 Å². The maximum atomic E-state index is 12.9. The zero-order valence-corrected chi connectivity index (χ0v) is 12.0. The third kappa shape index (κ3) is 3.32. The molecule has 3 aromatic rings. The summed E-state index contributed by atoms with van der Waals surface area (Å²) in [4.78, 5) is 19.8. The molecule has 0 saturated heterocycles. The van der Waals surface area contributed by atoms with Gasteiger partial charge in [-0.2, -0.15) is 4.39 Å². The van der Waals surface area contributed by atoms with E-state index in [9.17, 15) is 9.18 Å². The first kappa shape index (κ1) is 14.6. The van der Waals surface area contributed by atoms with E-state index in [-0.39, 0.29) is 5.91 Å². The molecule has 0 radical (unpaired) electrons. The predicted octanol–water partition coefficient (Wildman–Crippen LogP) is 3.12. The van der Waals surface area contributed by atoms with Crippen molar-refractivity contribution in [3.05, 3.63) is 72.6 Å². The molecule has 1 amide bonds. The molecule has 3 rings (SSSR count). The molecule has 2 heterocycles. The Morgan fingerprint density at radius 3 is 2.57 bits per heavy atom. The van der Waals surface area contributed by atoms with Gasteiger partial charge >= 0.3 is 0 Å². The number of nitrogen functional groups attached to an aromatic ring is 1. The molecule has 2 aromatic heterocycles. The maximum absolute atomic E-state index is 12.9. The molecule has 114 valence electrons. The van der Waals surface area contributed by atoms with Crippen molar-refractivity contribution < 1.29 is 9.18 Å². The molecule has 1 aromatic carbocycles. The van der Waals surface area contributed by atoms with Crippen LogP contribution in [0.15, 0.2) is 60.9 Å². The minimum absolute atomic E-state index is 0.292. The molecular weight excluding hydrogens is 295 g/mol. The Labute approximate surface area is 132 Å². The SMILES string of the molecule is Nc1ccc(-c2ccc(F)nc2)cc1NC(=O)c1ccccn1. The summed E-state index contributed by atoms with van der Waals surface area (Å²) in [6, 6.07) is 13.1. The third-order valence-corrected chi connectivity index (χ3v) is 3.26. The van der Waals surface area contributed by atoms with Crippen LogP contribution in [-0.4, -0.2) is 15.9 Å². The average molecular weight is 308 g/mol. The quantitative estimate of drug-likeness (QED) is 0.575. The van der Waals surface area contributed by atoms with Gasteiger partial charge in [-0.05, 0) is 42.0 Å². The van der Waals surface area contributed by atoms with Gasteiger partial charge in [-0.1, -0.05) is 12.1 Å². The number of hydrogen-bond donors (Lipinski definition) is 2. The van der Waals surface area contributed by atoms with Crippen LogP contribution >= 0.6 is 0 Å². The Morgan fingerprint density at radius 2 is 1.87 bits per heavy atom. The van der Waals surface area contributed by atoms with E-state index in [0.717, 1.165) is 11.1 Å². The highest BCUT2D eigenvalue weighted by atomic mass is 19.1. The second kappa shape index (κ2) is 6.23. The number of rotatable bonds is 3. The van der Waals surface area contributed by atoms with Crippen molar-refractivity contribution in [1.29, 1.82) is 0 Å². The van der Waals surface area contributed by atoms with Crippen molar-refractivity contribution in [1.82, 2.24) is 9.97 Å². The molecule has 0 atom stereocenters. The standard InChI is InChI=1S/C17H13FN4O/c18-16-7-5-12(10-21-16)11-4-6-13(19)15(9-11)22-17(23)14-3-1-2-8-20-14/h1-10H,19H2,(H,22,23). The average Bonchev–Trinajstić information content (AvgIpc) is 2.58. The highest BCUT2D eigenvalue weighted by Crippen LogP contribution is 2.27. The number of halogens is 1. The first-order valence-corrected chi connectivity index (χ1v) is 6.87. The first-order valence-electron chi connectivity index (χ1n) is 6.87. The number of nitrogens with zero attached hydrogens (tertiary/aromatic N) is 2. The summed E-state index contributed by atoms with van der Waals surface area (Å²) in [5, 5.41) is 2.73. The molecule has 23 heavy (non-hydrogen) atoms. The number of amides is 1. The smallest absolute Gasteiger partial charge is 0.274 e. The maximum Gasteiger partial charge on any atom is 0.274 e. The molecule has 0 spiro atoms. The van der Waals surface area contributed by atoms with Crippen molar-refractivity contribution in [2.75, 3.05) is 11.1 Å². The number of benzene rings is 1. The first-order chi connectivity index (χ1) is 11.1. The summed E-state index contributed by atoms with van der Waals surface area (Å²) in [6.45, 7) is 0. The molecule has 5 nitrogen and oxygen atoms in total. The van der Waals surface area contributed by atoms with Gasteiger partial charge in [-0.3, -0.25) is 9.78 Å². The van der Waals surface area contributed by atoms with E-state index in [2.05, 4.69) is 15.3 Å². The number of pyridine rings is 2. The fraction of sp³-hybridized carbons (Fsp3) is 0. The fourth-order valence-electron chi connectivity index (χ4n) is 2.07. The van der Waals surface area contributed by atoms with Gasteiger partial charge in [0.05, 0.1) is 11.4 Å². The van der Waals surface area contributed by atoms with Crippen LogP contribution in [0.2, 0.25) is 0 Å². The van der Waals surface area contributed by atoms with Crippen LogP contribution in [0.25, 0.3) is 11.1 Å². The number of nitrogens with two attached hydrogens (primary N) is 1. The monoisotopic (exact) mass is 308 g/mol. The van der Waals surface area contributed by atoms with Crippen LogP contribution in [0.5, 0.6) is 0 Å². The van der Waals surface area contributed by atoms with Gasteiger partial charge in [0, 0.05) is 18.0 Å². The Kier molecular flexibility index (Phi) is 3.97. The number of carbonyl (C=O) groups excluding carboxylic acids is 1. The van der Waals surface area contributed by atoms with Crippen LogP contribution in [0.4, 0.5) is 15.8 Å². The lowest BCUT2D eigenvalue weighted by molar-refractivity contribution is 0.102. The molecule has 0 aliphatic heterocycles. The van der Waals surface area contributed by atoms with E-state index in [4.69, 9.17) is 5.73 Å². The van der Waals surface area contributed by atoms with Crippen molar-refractivity contribution in [2.45, 2.75) is 0 Å². The van der Waals surface area contributed by atoms with E-state index in [1.807, 2.05) is 0 Å². The van der Waals surface area contributed by atoms with Crippen LogP contribution in [-0.2, 0) is 0 Å². The van der Waals surface area contributed by atoms with Crippen LogP contribution in [0.3, 0.4) is 0 Å². The summed E-state index contributed by atoms with van der Waals surface area (Å²) in [7, 11) is 0. The summed E-state index contributed by atoms with van der Waals surface area (Å²) < 4.78 is 12.9. The summed E-state index contributed by atoms with van der Waals surface area (Å²) in [5.41, 5.74) is 8.57. The van der Waals surface area contributed by atoms with Crippen LogP contribution in [0, 0.1) is 5.95 Å². The van der Waals surface area contributed by atoms with Crippen molar-refractivity contribution in [2.24, 2.45) is 0 Å². The Hall–Kier alpha value is -3.28. The van der Waals surface area contributed by atoms with Crippen molar-refractivity contribution in [3.63, 3.8) is 0 Å². The van der Waals surface area contributed by atoms with E-state index in [1.54, 1.807) is 48.7 Å². The highest BCUT2D eigenvalue weighted by Gasteiger charge is 2.10. The van der Waals surface area contributed by atoms with Gasteiger partial charge in [0.15, 0.2) is 0 Å². The number of carbonyl (C=O) groups is 1. The second-order valence-electron chi connectivity index (χ2n) is 4.84. The van der Waals surface area contributed by atoms with Gasteiger partial charge in [-0.25, -0.2) is 4.98 Å². The Bertz CT molecular complexity index is 835. The van der Waals surface area contributed by atoms with Gasteiger partial charge < -0.3 is 11.1 Å². The molecule has 6 heteroatoms. The van der Waals surface area contributed by atoms with Gasteiger partial charge in [-0.15, -0.1) is 0 Å². The van der Waals surface area contributed by atoms with Crippen LogP contribution in [0.1, 0.15) is 10.5 Å². The zero-order valence-electron chi connectivity index (χ0n) is 12.0. The van der Waals surface area contributed by atoms with E-state index >= 15 is 0 Å². The molecule has 0 saturated carbocycles. The van der Waals surface area contributed by atoms with E-state index < -0.39 is 5.95 Å². The van der Waals surface area contributed by atoms with E-state index in [1.165, 1.54) is 12.3 Å². The number of anilines is 2. The van der Waals surface area contributed by atoms with Crippen molar-refractivity contribution >= 4 is 17.3 Å². The number of aromatic nitrogens is 2. The lowest BCUT2D eigenvalue weighted by atomic mass is 10.1. The normalized spacial score (nSPS) is 10.3. The molecular formula is C17H13FN4O. The predicted molar refractivity (Wildman–Crippen MR) is 86.2 cm³/mol. The number of hydrogen-bond acceptors (Lipinski definition) is 4. The lowest BCUT2D eigenvalue weighted by Gasteiger charge is -2.10. The summed E-state index contributed by atoms with van der Waals surface area (Å²) in [5.74, 6) is -0.903. The lowest BCUT2D eigenvalue weighted by Crippen LogP contribution is -2.14. The Morgan fingerprint density at radius 1 is 1.04 bits per heavy atom. The molecule has 0 aliphatic rings. The highest BCUT2D eigenvalue weighted by molar-refractivity contribution is 6.04. The summed E-state index contributed by atoms with van der Waals surface area (Å²) >= 11 is 0. The largest absolute Gasteiger partial charge is 0.397 e. The molecule has 0 unspecified atom stereocenters. The van der Waals surface area contributed by atoms with Gasteiger partial charge in [0.2, 0.25) is 5.95 Å².